The van der Waals surface area contributed by atoms with Gasteiger partial charge in [-0.3, -0.25) is 9.59 Å². The smallest absolute Gasteiger partial charge is 0.306 e. The lowest BCUT2D eigenvalue weighted by Crippen LogP contribution is -2.22. The fraction of sp³-hybridized carbons (Fsp3) is 0.429. The van der Waals surface area contributed by atoms with Gasteiger partial charge in [-0.2, -0.15) is 0 Å². The molecule has 0 unspecified atom stereocenters. The van der Waals surface area contributed by atoms with Crippen LogP contribution in [0.4, 0.5) is 5.69 Å². The Kier molecular flexibility index (Phi) is 4.95. The minimum atomic E-state index is -3.00. The lowest BCUT2D eigenvalue weighted by Gasteiger charge is -2.08. The number of nitrogens with one attached hydrogen (secondary N) is 1. The lowest BCUT2D eigenvalue weighted by atomic mass is 10.1. The highest BCUT2D eigenvalue weighted by Gasteiger charge is 2.29. The zero-order chi connectivity index (χ0) is 15.3. The molecule has 1 saturated heterocycles. The molecular weight excluding hydrogens is 294 g/mol. The van der Waals surface area contributed by atoms with E-state index in [1.807, 2.05) is 6.07 Å². The van der Waals surface area contributed by atoms with Gasteiger partial charge in [0.1, 0.15) is 0 Å². The Hall–Kier alpha value is -1.89. The van der Waals surface area contributed by atoms with Gasteiger partial charge in [-0.15, -0.1) is 0 Å². The highest BCUT2D eigenvalue weighted by atomic mass is 32.2. The molecule has 7 heteroatoms. The first-order valence-corrected chi connectivity index (χ1v) is 8.48. The molecule has 1 aliphatic rings. The summed E-state index contributed by atoms with van der Waals surface area (Å²) < 4.78 is 27.4. The molecule has 6 nitrogen and oxygen atoms in total. The summed E-state index contributed by atoms with van der Waals surface area (Å²) in [4.78, 5) is 23.1. The van der Waals surface area contributed by atoms with Gasteiger partial charge in [0.2, 0.25) is 0 Å². The van der Waals surface area contributed by atoms with E-state index in [0.717, 1.165) is 0 Å². The molecule has 0 aliphatic carbocycles. The van der Waals surface area contributed by atoms with Crippen molar-refractivity contribution >= 4 is 27.4 Å². The predicted molar refractivity (Wildman–Crippen MR) is 77.4 cm³/mol. The standard InChI is InChI=1S/C14H17NO5S/c16-13(15-12-4-2-1-3-5-12)9-20-14(17)8-11-6-7-21(18,19)10-11/h1-5,11H,6-10H2,(H,15,16)/t11-/m1/s1. The van der Waals surface area contributed by atoms with E-state index in [1.54, 1.807) is 24.3 Å². The van der Waals surface area contributed by atoms with Gasteiger partial charge < -0.3 is 10.1 Å². The van der Waals surface area contributed by atoms with Crippen LogP contribution < -0.4 is 5.32 Å². The summed E-state index contributed by atoms with van der Waals surface area (Å²) in [6.07, 6.45) is 0.519. The van der Waals surface area contributed by atoms with Gasteiger partial charge >= 0.3 is 5.97 Å². The fourth-order valence-electron chi connectivity index (χ4n) is 2.19. The number of ether oxygens (including phenoxy) is 1. The number of benzene rings is 1. The number of rotatable bonds is 5. The van der Waals surface area contributed by atoms with E-state index in [2.05, 4.69) is 5.32 Å². The lowest BCUT2D eigenvalue weighted by molar-refractivity contribution is -0.148. The van der Waals surface area contributed by atoms with Crippen LogP contribution in [0.25, 0.3) is 0 Å². The number of hydrogen-bond acceptors (Lipinski definition) is 5. The number of hydrogen-bond donors (Lipinski definition) is 1. The summed E-state index contributed by atoms with van der Waals surface area (Å²) in [5, 5.41) is 2.59. The van der Waals surface area contributed by atoms with E-state index in [1.165, 1.54) is 0 Å². The van der Waals surface area contributed by atoms with Crippen LogP contribution in [0.5, 0.6) is 0 Å². The highest BCUT2D eigenvalue weighted by molar-refractivity contribution is 7.91. The van der Waals surface area contributed by atoms with Gasteiger partial charge in [-0.05, 0) is 24.5 Å². The van der Waals surface area contributed by atoms with E-state index in [9.17, 15) is 18.0 Å². The number of para-hydroxylation sites is 1. The maximum atomic E-state index is 11.6. The van der Waals surface area contributed by atoms with Gasteiger partial charge in [-0.25, -0.2) is 8.42 Å². The second-order valence-corrected chi connectivity index (χ2v) is 7.28. The van der Waals surface area contributed by atoms with Crippen molar-refractivity contribution in [1.29, 1.82) is 0 Å². The number of sulfone groups is 1. The van der Waals surface area contributed by atoms with Crippen molar-refractivity contribution in [2.24, 2.45) is 5.92 Å². The first-order chi connectivity index (χ1) is 9.94. The molecule has 1 N–H and O–H groups in total. The zero-order valence-electron chi connectivity index (χ0n) is 11.4. The Labute approximate surface area is 123 Å². The van der Waals surface area contributed by atoms with Gasteiger partial charge in [0.15, 0.2) is 16.4 Å². The second-order valence-electron chi connectivity index (χ2n) is 5.05. The van der Waals surface area contributed by atoms with Crippen molar-refractivity contribution in [1.82, 2.24) is 0 Å². The molecule has 1 heterocycles. The van der Waals surface area contributed by atoms with Crippen LogP contribution in [0.2, 0.25) is 0 Å². The van der Waals surface area contributed by atoms with Crippen molar-refractivity contribution in [2.75, 3.05) is 23.4 Å². The first-order valence-electron chi connectivity index (χ1n) is 6.65. The predicted octanol–water partition coefficient (Wildman–Crippen LogP) is 0.993. The van der Waals surface area contributed by atoms with Crippen LogP contribution in [0.15, 0.2) is 30.3 Å². The maximum Gasteiger partial charge on any atom is 0.306 e. The highest BCUT2D eigenvalue weighted by Crippen LogP contribution is 2.21. The van der Waals surface area contributed by atoms with Crippen molar-refractivity contribution in [3.63, 3.8) is 0 Å². The third kappa shape index (κ3) is 5.18. The van der Waals surface area contributed by atoms with Crippen LogP contribution in [-0.4, -0.2) is 38.4 Å². The quantitative estimate of drug-likeness (QED) is 0.819. The minimum absolute atomic E-state index is 0.0261. The van der Waals surface area contributed by atoms with Crippen molar-refractivity contribution in [2.45, 2.75) is 12.8 Å². The van der Waals surface area contributed by atoms with Crippen molar-refractivity contribution in [3.8, 4) is 0 Å². The minimum Gasteiger partial charge on any atom is -0.456 e. The number of anilines is 1. The van der Waals surface area contributed by atoms with Gasteiger partial charge in [0.05, 0.1) is 11.5 Å². The molecule has 2 rings (SSSR count). The van der Waals surface area contributed by atoms with Gasteiger partial charge in [0, 0.05) is 12.1 Å². The number of carbonyl (C=O) groups excluding carboxylic acids is 2. The number of carbonyl (C=O) groups is 2. The monoisotopic (exact) mass is 311 g/mol. The Bertz CT molecular complexity index is 612. The van der Waals surface area contributed by atoms with E-state index < -0.39 is 21.7 Å². The summed E-state index contributed by atoms with van der Waals surface area (Å²) in [5.74, 6) is -1.01. The Morgan fingerprint density at radius 3 is 2.57 bits per heavy atom. The molecule has 1 aromatic rings. The molecule has 0 bridgehead atoms. The Morgan fingerprint density at radius 1 is 1.24 bits per heavy atom. The maximum absolute atomic E-state index is 11.6. The van der Waals surface area contributed by atoms with Crippen LogP contribution in [0.1, 0.15) is 12.8 Å². The molecule has 114 valence electrons. The summed E-state index contributed by atoms with van der Waals surface area (Å²) in [6.45, 7) is -0.368. The molecular formula is C14H17NO5S. The summed E-state index contributed by atoms with van der Waals surface area (Å²) in [6, 6.07) is 8.84. The van der Waals surface area contributed by atoms with Crippen molar-refractivity contribution in [3.05, 3.63) is 30.3 Å². The van der Waals surface area contributed by atoms with Crippen LogP contribution in [0, 0.1) is 5.92 Å². The Morgan fingerprint density at radius 2 is 1.95 bits per heavy atom. The summed E-state index contributed by atoms with van der Waals surface area (Å²) in [5.41, 5.74) is 0.625. The molecule has 1 amide bonds. The van der Waals surface area contributed by atoms with E-state index in [-0.39, 0.29) is 30.5 Å². The molecule has 0 radical (unpaired) electrons. The largest absolute Gasteiger partial charge is 0.456 e. The SMILES string of the molecule is O=C(COC(=O)C[C@H]1CCS(=O)(=O)C1)Nc1ccccc1. The second kappa shape index (κ2) is 6.71. The van der Waals surface area contributed by atoms with Crippen LogP contribution in [-0.2, 0) is 24.2 Å². The van der Waals surface area contributed by atoms with Crippen LogP contribution >= 0.6 is 0 Å². The Balaban J connectivity index is 1.70. The molecule has 21 heavy (non-hydrogen) atoms. The topological polar surface area (TPSA) is 89.5 Å². The van der Waals surface area contributed by atoms with Gasteiger partial charge in [0.25, 0.3) is 5.91 Å². The van der Waals surface area contributed by atoms with Gasteiger partial charge in [-0.1, -0.05) is 18.2 Å². The molecule has 1 aliphatic heterocycles. The molecule has 1 fully saturated rings. The molecule has 0 aromatic heterocycles. The average Bonchev–Trinajstić information content (AvgIpc) is 2.77. The third-order valence-corrected chi connectivity index (χ3v) is 5.04. The normalized spacial score (nSPS) is 19.9. The summed E-state index contributed by atoms with van der Waals surface area (Å²) in [7, 11) is -3.00. The third-order valence-electron chi connectivity index (χ3n) is 3.20. The fourth-order valence-corrected chi connectivity index (χ4v) is 4.05. The summed E-state index contributed by atoms with van der Waals surface area (Å²) >= 11 is 0. The number of amides is 1. The van der Waals surface area contributed by atoms with E-state index >= 15 is 0 Å². The van der Waals surface area contributed by atoms with E-state index in [0.29, 0.717) is 12.1 Å². The average molecular weight is 311 g/mol. The van der Waals surface area contributed by atoms with E-state index in [4.69, 9.17) is 4.74 Å². The molecule has 0 saturated carbocycles. The molecule has 0 spiro atoms. The number of esters is 1. The first kappa shape index (κ1) is 15.5. The molecule has 1 aromatic carbocycles. The zero-order valence-corrected chi connectivity index (χ0v) is 12.3. The van der Waals surface area contributed by atoms with Crippen molar-refractivity contribution < 1.29 is 22.7 Å². The van der Waals surface area contributed by atoms with Crippen LogP contribution in [0.3, 0.4) is 0 Å². The molecule has 1 atom stereocenters.